The Bertz CT molecular complexity index is 706. The molecule has 0 spiro atoms. The van der Waals surface area contributed by atoms with Gasteiger partial charge in [0.15, 0.2) is 0 Å². The molecule has 0 radical (unpaired) electrons. The number of amides is 1. The number of carbonyl (C=O) groups is 1. The van der Waals surface area contributed by atoms with Crippen LogP contribution in [0.15, 0.2) is 42.7 Å². The van der Waals surface area contributed by atoms with Crippen LogP contribution in [0.1, 0.15) is 32.3 Å². The molecule has 6 heteroatoms. The van der Waals surface area contributed by atoms with Gasteiger partial charge in [-0.2, -0.15) is 0 Å². The van der Waals surface area contributed by atoms with E-state index in [0.29, 0.717) is 41.8 Å². The van der Waals surface area contributed by atoms with Gasteiger partial charge in [0.05, 0.1) is 11.6 Å². The van der Waals surface area contributed by atoms with Crippen LogP contribution in [0.25, 0.3) is 0 Å². The lowest BCUT2D eigenvalue weighted by Gasteiger charge is -2.25. The van der Waals surface area contributed by atoms with E-state index in [4.69, 9.17) is 27.9 Å². The summed E-state index contributed by atoms with van der Waals surface area (Å²) in [5.41, 5.74) is 0.991. The van der Waals surface area contributed by atoms with Crippen LogP contribution < -0.4 is 10.1 Å². The Morgan fingerprint density at radius 3 is 2.64 bits per heavy atom. The Morgan fingerprint density at radius 2 is 1.92 bits per heavy atom. The minimum Gasteiger partial charge on any atom is -0.492 e. The second kappa shape index (κ2) is 9.07. The molecule has 0 atom stereocenters. The van der Waals surface area contributed by atoms with Gasteiger partial charge in [0.2, 0.25) is 5.91 Å². The summed E-state index contributed by atoms with van der Waals surface area (Å²) >= 11 is 12.0. The number of benzene rings is 1. The molecule has 1 aromatic heterocycles. The normalized spacial score (nSPS) is 11.2. The molecule has 25 heavy (non-hydrogen) atoms. The van der Waals surface area contributed by atoms with E-state index < -0.39 is 0 Å². The van der Waals surface area contributed by atoms with E-state index in [2.05, 4.69) is 24.1 Å². The Kier molecular flexibility index (Phi) is 7.09. The van der Waals surface area contributed by atoms with Crippen molar-refractivity contribution >= 4 is 29.1 Å². The number of carbonyl (C=O) groups excluding carboxylic acids is 1. The fourth-order valence-corrected chi connectivity index (χ4v) is 2.67. The number of nitrogens with zero attached hydrogens (tertiary/aromatic N) is 1. The molecule has 1 aromatic carbocycles. The highest BCUT2D eigenvalue weighted by atomic mass is 35.5. The monoisotopic (exact) mass is 380 g/mol. The quantitative estimate of drug-likeness (QED) is 0.678. The van der Waals surface area contributed by atoms with Crippen molar-refractivity contribution in [3.8, 4) is 5.75 Å². The van der Waals surface area contributed by atoms with Crippen molar-refractivity contribution in [1.29, 1.82) is 0 Å². The number of rotatable bonds is 8. The maximum atomic E-state index is 12.0. The molecule has 0 aliphatic heterocycles. The number of halogens is 2. The first-order valence-electron chi connectivity index (χ1n) is 8.14. The molecule has 0 bridgehead atoms. The molecule has 1 N–H and O–H groups in total. The molecule has 0 fully saturated rings. The Hall–Kier alpha value is -1.78. The van der Waals surface area contributed by atoms with Gasteiger partial charge in [0, 0.05) is 30.8 Å². The zero-order valence-electron chi connectivity index (χ0n) is 14.4. The van der Waals surface area contributed by atoms with Crippen molar-refractivity contribution in [2.45, 2.75) is 32.1 Å². The molecule has 2 aromatic rings. The average Bonchev–Trinajstić information content (AvgIpc) is 2.61. The van der Waals surface area contributed by atoms with Gasteiger partial charge in [-0.25, -0.2) is 0 Å². The fourth-order valence-electron chi connectivity index (χ4n) is 2.32. The van der Waals surface area contributed by atoms with Crippen molar-refractivity contribution < 1.29 is 9.53 Å². The maximum absolute atomic E-state index is 12.0. The number of ether oxygens (including phenoxy) is 1. The van der Waals surface area contributed by atoms with Crippen LogP contribution in [0, 0.1) is 0 Å². The first kappa shape index (κ1) is 19.5. The van der Waals surface area contributed by atoms with Crippen LogP contribution in [0.5, 0.6) is 5.75 Å². The van der Waals surface area contributed by atoms with Gasteiger partial charge < -0.3 is 10.1 Å². The van der Waals surface area contributed by atoms with Gasteiger partial charge in [-0.3, -0.25) is 9.78 Å². The minimum atomic E-state index is -0.149. The smallest absolute Gasteiger partial charge is 0.220 e. The number of pyridine rings is 1. The molecule has 1 heterocycles. The average molecular weight is 381 g/mol. The van der Waals surface area contributed by atoms with Crippen molar-refractivity contribution in [2.24, 2.45) is 0 Å². The summed E-state index contributed by atoms with van der Waals surface area (Å²) in [6.07, 6.45) is 4.52. The Labute approximate surface area is 158 Å². The van der Waals surface area contributed by atoms with E-state index in [1.54, 1.807) is 30.6 Å². The molecule has 0 saturated carbocycles. The zero-order chi connectivity index (χ0) is 18.3. The van der Waals surface area contributed by atoms with Crippen molar-refractivity contribution in [1.82, 2.24) is 10.3 Å². The highest BCUT2D eigenvalue weighted by Gasteiger charge is 2.21. The van der Waals surface area contributed by atoms with E-state index in [0.717, 1.165) is 5.56 Å². The lowest BCUT2D eigenvalue weighted by atomic mass is 9.85. The summed E-state index contributed by atoms with van der Waals surface area (Å²) in [5, 5.41) is 3.83. The van der Waals surface area contributed by atoms with Gasteiger partial charge in [0.1, 0.15) is 10.8 Å². The van der Waals surface area contributed by atoms with Gasteiger partial charge >= 0.3 is 0 Å². The molecule has 0 aliphatic rings. The third kappa shape index (κ3) is 5.91. The standard InChI is InChI=1S/C19H22Cl2N2O2/c1-19(2,14-8-10-22-11-9-14)13-23-17(24)7-4-12-25-16-6-3-5-15(20)18(16)21/h3,5-6,8-11H,4,7,12-13H2,1-2H3,(H,23,24). The molecule has 4 nitrogen and oxygen atoms in total. The van der Waals surface area contributed by atoms with Gasteiger partial charge in [-0.1, -0.05) is 43.1 Å². The van der Waals surface area contributed by atoms with Gasteiger partial charge in [0.25, 0.3) is 0 Å². The van der Waals surface area contributed by atoms with Crippen LogP contribution in [-0.4, -0.2) is 24.0 Å². The maximum Gasteiger partial charge on any atom is 0.220 e. The molecule has 0 unspecified atom stereocenters. The summed E-state index contributed by atoms with van der Waals surface area (Å²) in [7, 11) is 0. The second-order valence-corrected chi connectivity index (χ2v) is 7.19. The molecule has 0 aliphatic carbocycles. The fraction of sp³-hybridized carbons (Fsp3) is 0.368. The van der Waals surface area contributed by atoms with Crippen LogP contribution in [0.2, 0.25) is 10.0 Å². The number of hydrogen-bond acceptors (Lipinski definition) is 3. The predicted molar refractivity (Wildman–Crippen MR) is 101 cm³/mol. The largest absolute Gasteiger partial charge is 0.492 e. The van der Waals surface area contributed by atoms with Crippen molar-refractivity contribution in [3.63, 3.8) is 0 Å². The van der Waals surface area contributed by atoms with Crippen molar-refractivity contribution in [2.75, 3.05) is 13.2 Å². The summed E-state index contributed by atoms with van der Waals surface area (Å²) < 4.78 is 5.58. The SMILES string of the molecule is CC(C)(CNC(=O)CCCOc1cccc(Cl)c1Cl)c1ccncc1. The highest BCUT2D eigenvalue weighted by Crippen LogP contribution is 2.31. The Balaban J connectivity index is 1.71. The van der Waals surface area contributed by atoms with Crippen LogP contribution >= 0.6 is 23.2 Å². The first-order chi connectivity index (χ1) is 11.9. The van der Waals surface area contributed by atoms with E-state index in [-0.39, 0.29) is 11.3 Å². The number of aromatic nitrogens is 1. The van der Waals surface area contributed by atoms with E-state index in [1.807, 2.05) is 12.1 Å². The Morgan fingerprint density at radius 1 is 1.20 bits per heavy atom. The van der Waals surface area contributed by atoms with Gasteiger partial charge in [-0.05, 0) is 36.2 Å². The highest BCUT2D eigenvalue weighted by molar-refractivity contribution is 6.42. The molecule has 1 amide bonds. The van der Waals surface area contributed by atoms with Gasteiger partial charge in [-0.15, -0.1) is 0 Å². The van der Waals surface area contributed by atoms with E-state index in [1.165, 1.54) is 0 Å². The summed E-state index contributed by atoms with van der Waals surface area (Å²) in [4.78, 5) is 16.0. The lowest BCUT2D eigenvalue weighted by Crippen LogP contribution is -2.36. The van der Waals surface area contributed by atoms with E-state index in [9.17, 15) is 4.79 Å². The molecule has 134 valence electrons. The second-order valence-electron chi connectivity index (χ2n) is 6.40. The third-order valence-electron chi connectivity index (χ3n) is 3.91. The zero-order valence-corrected chi connectivity index (χ0v) is 15.9. The van der Waals surface area contributed by atoms with Crippen LogP contribution in [-0.2, 0) is 10.2 Å². The summed E-state index contributed by atoms with van der Waals surface area (Å²) in [6, 6.07) is 9.17. The first-order valence-corrected chi connectivity index (χ1v) is 8.90. The molecule has 0 saturated heterocycles. The summed E-state index contributed by atoms with van der Waals surface area (Å²) in [5.74, 6) is 0.538. The molecule has 2 rings (SSSR count). The van der Waals surface area contributed by atoms with Crippen LogP contribution in [0.4, 0.5) is 0 Å². The van der Waals surface area contributed by atoms with Crippen LogP contribution in [0.3, 0.4) is 0 Å². The predicted octanol–water partition coefficient (Wildman–Crippen LogP) is 4.64. The lowest BCUT2D eigenvalue weighted by molar-refractivity contribution is -0.121. The number of nitrogens with one attached hydrogen (secondary N) is 1. The van der Waals surface area contributed by atoms with Crippen molar-refractivity contribution in [3.05, 3.63) is 58.3 Å². The third-order valence-corrected chi connectivity index (χ3v) is 4.71. The molecular weight excluding hydrogens is 359 g/mol. The topological polar surface area (TPSA) is 51.2 Å². The number of hydrogen-bond donors (Lipinski definition) is 1. The minimum absolute atomic E-state index is 0.00271. The molecular formula is C19H22Cl2N2O2. The summed E-state index contributed by atoms with van der Waals surface area (Å²) in [6.45, 7) is 5.15. The van der Waals surface area contributed by atoms with E-state index >= 15 is 0 Å².